The number of ether oxygens (including phenoxy) is 5. The second kappa shape index (κ2) is 20.9. The zero-order valence-corrected chi connectivity index (χ0v) is 29.6. The van der Waals surface area contributed by atoms with Crippen molar-refractivity contribution in [2.45, 2.75) is 117 Å². The van der Waals surface area contributed by atoms with E-state index in [1.165, 1.54) is 6.92 Å². The highest BCUT2D eigenvalue weighted by atomic mass is 17.0. The van der Waals surface area contributed by atoms with Crippen molar-refractivity contribution in [3.63, 3.8) is 0 Å². The Hall–Kier alpha value is -3.36. The van der Waals surface area contributed by atoms with Crippen molar-refractivity contribution in [2.75, 3.05) is 27.4 Å². The number of hydrogen-bond acceptors (Lipinski definition) is 12. The van der Waals surface area contributed by atoms with Crippen LogP contribution in [0.5, 0.6) is 11.5 Å². The number of methoxy groups -OCH3 is 2. The highest BCUT2D eigenvalue weighted by Crippen LogP contribution is 2.32. The summed E-state index contributed by atoms with van der Waals surface area (Å²) >= 11 is 0. The molecule has 0 bridgehead atoms. The SMILES string of the molecule is COCCCOc1cc(C[C@@H](C[C@H](N)[C@@H](O)C[C@H](C(=O)NC2CCC(OC(=O)OC(C)O[N+](=O)[O-])CC2)C(C)C)C(C)C)ccc1OC. The van der Waals surface area contributed by atoms with E-state index in [0.717, 1.165) is 18.4 Å². The molecule has 48 heavy (non-hydrogen) atoms. The average Bonchev–Trinajstić information content (AvgIpc) is 3.01. The van der Waals surface area contributed by atoms with E-state index in [0.29, 0.717) is 62.7 Å². The quantitative estimate of drug-likeness (QED) is 0.0528. The van der Waals surface area contributed by atoms with Gasteiger partial charge in [-0.2, -0.15) is 0 Å². The molecule has 0 heterocycles. The molecule has 0 aromatic heterocycles. The van der Waals surface area contributed by atoms with Gasteiger partial charge in [-0.05, 0) is 87.3 Å². The first-order chi connectivity index (χ1) is 22.7. The Morgan fingerprint density at radius 3 is 2.29 bits per heavy atom. The number of hydrogen-bond donors (Lipinski definition) is 3. The highest BCUT2D eigenvalue weighted by molar-refractivity contribution is 5.79. The molecule has 0 spiro atoms. The Kier molecular flexibility index (Phi) is 17.8. The van der Waals surface area contributed by atoms with Gasteiger partial charge in [0.05, 0.1) is 19.8 Å². The summed E-state index contributed by atoms with van der Waals surface area (Å²) < 4.78 is 26.5. The standard InChI is InChI=1S/C34H57N3O11/c1-21(2)25(17-24-9-14-31(44-7)32(18-24)45-16-8-15-43-6)19-29(35)30(38)20-28(22(3)4)33(39)36-26-10-12-27(13-11-26)47-34(40)46-23(5)48-37(41)42/h9,14,18,21-23,25-30,38H,8,10-13,15-17,19-20,35H2,1-7H3,(H,36,39)/t23?,25-,26?,27?,28-,29-,30-/m0/s1. The molecule has 5 atom stereocenters. The van der Waals surface area contributed by atoms with Crippen LogP contribution >= 0.6 is 0 Å². The Bertz CT molecular complexity index is 1130. The molecule has 0 aliphatic heterocycles. The van der Waals surface area contributed by atoms with Gasteiger partial charge in [-0.1, -0.05) is 33.8 Å². The molecule has 1 fully saturated rings. The molecule has 1 saturated carbocycles. The maximum absolute atomic E-state index is 13.4. The summed E-state index contributed by atoms with van der Waals surface area (Å²) in [6, 6.07) is 5.31. The average molecular weight is 684 g/mol. The van der Waals surface area contributed by atoms with E-state index in [2.05, 4.69) is 24.0 Å². The molecule has 14 heteroatoms. The number of nitrogens with zero attached hydrogens (tertiary/aromatic N) is 1. The first-order valence-corrected chi connectivity index (χ1v) is 16.9. The predicted octanol–water partition coefficient (Wildman–Crippen LogP) is 4.80. The maximum atomic E-state index is 13.4. The van der Waals surface area contributed by atoms with E-state index in [1.807, 2.05) is 32.0 Å². The summed E-state index contributed by atoms with van der Waals surface area (Å²) in [6.45, 7) is 10.5. The number of carbonyl (C=O) groups excluding carboxylic acids is 2. The first-order valence-electron chi connectivity index (χ1n) is 16.9. The first kappa shape index (κ1) is 40.8. The molecule has 1 unspecified atom stereocenters. The third kappa shape index (κ3) is 14.4. The van der Waals surface area contributed by atoms with Gasteiger partial charge in [0.1, 0.15) is 6.10 Å². The number of benzene rings is 1. The van der Waals surface area contributed by atoms with E-state index in [4.69, 9.17) is 29.4 Å². The molecule has 1 aliphatic carbocycles. The molecule has 14 nitrogen and oxygen atoms in total. The number of rotatable bonds is 21. The van der Waals surface area contributed by atoms with Gasteiger partial charge in [0.2, 0.25) is 12.2 Å². The second-order valence-corrected chi connectivity index (χ2v) is 13.3. The van der Waals surface area contributed by atoms with Crippen LogP contribution in [0.4, 0.5) is 4.79 Å². The molecule has 0 radical (unpaired) electrons. The minimum absolute atomic E-state index is 0.0211. The van der Waals surface area contributed by atoms with Gasteiger partial charge in [-0.15, -0.1) is 10.1 Å². The fourth-order valence-corrected chi connectivity index (χ4v) is 5.94. The van der Waals surface area contributed by atoms with Gasteiger partial charge >= 0.3 is 6.16 Å². The summed E-state index contributed by atoms with van der Waals surface area (Å²) in [6.07, 6.45) is 0.786. The van der Waals surface area contributed by atoms with Gasteiger partial charge in [-0.3, -0.25) is 9.63 Å². The molecule has 1 aliphatic rings. The van der Waals surface area contributed by atoms with Crippen LogP contribution in [0.1, 0.15) is 85.1 Å². The van der Waals surface area contributed by atoms with Crippen LogP contribution in [-0.2, 0) is 30.3 Å². The molecule has 1 aromatic rings. The Morgan fingerprint density at radius 1 is 1.02 bits per heavy atom. The lowest BCUT2D eigenvalue weighted by molar-refractivity contribution is -0.777. The predicted molar refractivity (Wildman–Crippen MR) is 178 cm³/mol. The van der Waals surface area contributed by atoms with Gasteiger partial charge in [0.25, 0.3) is 5.09 Å². The zero-order valence-electron chi connectivity index (χ0n) is 29.6. The second-order valence-electron chi connectivity index (χ2n) is 13.3. The van der Waals surface area contributed by atoms with Gasteiger partial charge < -0.3 is 39.8 Å². The van der Waals surface area contributed by atoms with E-state index >= 15 is 0 Å². The highest BCUT2D eigenvalue weighted by Gasteiger charge is 2.32. The van der Waals surface area contributed by atoms with Crippen LogP contribution in [0.3, 0.4) is 0 Å². The van der Waals surface area contributed by atoms with Crippen LogP contribution < -0.4 is 20.5 Å². The van der Waals surface area contributed by atoms with Crippen molar-refractivity contribution >= 4 is 12.1 Å². The fourth-order valence-electron chi connectivity index (χ4n) is 5.94. The Labute approximate surface area is 284 Å². The van der Waals surface area contributed by atoms with Crippen LogP contribution in [0.2, 0.25) is 0 Å². The lowest BCUT2D eigenvalue weighted by atomic mass is 9.80. The van der Waals surface area contributed by atoms with Crippen molar-refractivity contribution in [3.8, 4) is 11.5 Å². The minimum Gasteiger partial charge on any atom is -0.493 e. The summed E-state index contributed by atoms with van der Waals surface area (Å²) in [7, 11) is 3.27. The largest absolute Gasteiger partial charge is 0.510 e. The summed E-state index contributed by atoms with van der Waals surface area (Å²) in [5, 5.41) is 23.6. The number of amides is 1. The van der Waals surface area contributed by atoms with Gasteiger partial charge in [0.15, 0.2) is 11.5 Å². The van der Waals surface area contributed by atoms with Crippen LogP contribution in [0.15, 0.2) is 18.2 Å². The van der Waals surface area contributed by atoms with E-state index in [1.54, 1.807) is 14.2 Å². The van der Waals surface area contributed by atoms with Crippen LogP contribution in [-0.4, -0.2) is 80.3 Å². The van der Waals surface area contributed by atoms with E-state index < -0.39 is 41.7 Å². The third-order valence-electron chi connectivity index (χ3n) is 8.91. The van der Waals surface area contributed by atoms with E-state index in [-0.39, 0.29) is 30.2 Å². The molecule has 274 valence electrons. The molecule has 0 saturated heterocycles. The van der Waals surface area contributed by atoms with Gasteiger partial charge in [-0.25, -0.2) is 4.79 Å². The molecule has 1 aromatic carbocycles. The number of nitrogens with two attached hydrogens (primary N) is 1. The lowest BCUT2D eigenvalue weighted by Gasteiger charge is -2.32. The lowest BCUT2D eigenvalue weighted by Crippen LogP contribution is -2.46. The smallest absolute Gasteiger partial charge is 0.493 e. The van der Waals surface area contributed by atoms with Crippen molar-refractivity contribution in [2.24, 2.45) is 29.4 Å². The van der Waals surface area contributed by atoms with Crippen molar-refractivity contribution in [1.82, 2.24) is 5.32 Å². The number of nitrogens with one attached hydrogen (secondary N) is 1. The fraction of sp³-hybridized carbons (Fsp3) is 0.765. The third-order valence-corrected chi connectivity index (χ3v) is 8.91. The topological polar surface area (TPSA) is 191 Å². The van der Waals surface area contributed by atoms with E-state index in [9.17, 15) is 24.8 Å². The van der Waals surface area contributed by atoms with Gasteiger partial charge in [0, 0.05) is 38.1 Å². The zero-order chi connectivity index (χ0) is 35.8. The van der Waals surface area contributed by atoms with Crippen LogP contribution in [0, 0.1) is 33.8 Å². The number of aliphatic hydroxyl groups excluding tert-OH is 1. The molecular formula is C34H57N3O11. The summed E-state index contributed by atoms with van der Waals surface area (Å²) in [4.78, 5) is 39.8. The summed E-state index contributed by atoms with van der Waals surface area (Å²) in [5.41, 5.74) is 7.68. The van der Waals surface area contributed by atoms with Crippen molar-refractivity contribution in [3.05, 3.63) is 33.9 Å². The maximum Gasteiger partial charge on any atom is 0.510 e. The monoisotopic (exact) mass is 683 g/mol. The Balaban J connectivity index is 1.91. The normalized spacial score (nSPS) is 19.5. The molecule has 4 N–H and O–H groups in total. The van der Waals surface area contributed by atoms with Crippen LogP contribution in [0.25, 0.3) is 0 Å². The van der Waals surface area contributed by atoms with Crippen molar-refractivity contribution in [1.29, 1.82) is 0 Å². The van der Waals surface area contributed by atoms with Crippen molar-refractivity contribution < 1.29 is 48.3 Å². The molecule has 1 amide bonds. The Morgan fingerprint density at radius 2 is 1.71 bits per heavy atom. The minimum atomic E-state index is -1.38. The number of carbonyl (C=O) groups is 2. The number of aliphatic hydroxyl groups is 1. The molecule has 2 rings (SSSR count). The molecular weight excluding hydrogens is 626 g/mol. The summed E-state index contributed by atoms with van der Waals surface area (Å²) in [5.74, 6) is 1.25.